The van der Waals surface area contributed by atoms with Gasteiger partial charge in [-0.3, -0.25) is 0 Å². The van der Waals surface area contributed by atoms with E-state index in [1.165, 1.54) is 25.9 Å². The van der Waals surface area contributed by atoms with Crippen LogP contribution in [0.4, 0.5) is 0 Å². The second-order valence-corrected chi connectivity index (χ2v) is 4.48. The SMILES string of the molecule is CC[N+]1=CC=C[C@H](C2CCCN2C)C1. The fourth-order valence-electron chi connectivity index (χ4n) is 2.67. The number of rotatable bonds is 2. The largest absolute Gasteiger partial charge is 0.303 e. The highest BCUT2D eigenvalue weighted by molar-refractivity contribution is 5.66. The summed E-state index contributed by atoms with van der Waals surface area (Å²) in [5, 5.41) is 0. The van der Waals surface area contributed by atoms with Crippen LogP contribution >= 0.6 is 0 Å². The van der Waals surface area contributed by atoms with Gasteiger partial charge in [0.2, 0.25) is 0 Å². The summed E-state index contributed by atoms with van der Waals surface area (Å²) < 4.78 is 2.41. The highest BCUT2D eigenvalue weighted by Crippen LogP contribution is 2.24. The second kappa shape index (κ2) is 4.26. The minimum Gasteiger partial charge on any atom is -0.303 e. The first-order valence-electron chi connectivity index (χ1n) is 5.77. The lowest BCUT2D eigenvalue weighted by atomic mass is 9.95. The van der Waals surface area contributed by atoms with Crippen molar-refractivity contribution in [3.63, 3.8) is 0 Å². The van der Waals surface area contributed by atoms with Gasteiger partial charge >= 0.3 is 0 Å². The fourth-order valence-corrected chi connectivity index (χ4v) is 2.67. The molecule has 2 nitrogen and oxygen atoms in total. The Morgan fingerprint density at radius 1 is 1.50 bits per heavy atom. The zero-order valence-corrected chi connectivity index (χ0v) is 9.32. The quantitative estimate of drug-likeness (QED) is 0.600. The number of hydrogen-bond donors (Lipinski definition) is 0. The zero-order valence-electron chi connectivity index (χ0n) is 9.32. The number of hydrogen-bond acceptors (Lipinski definition) is 1. The molecule has 0 aromatic carbocycles. The van der Waals surface area contributed by atoms with Crippen molar-refractivity contribution in [3.05, 3.63) is 12.2 Å². The first-order chi connectivity index (χ1) is 6.81. The van der Waals surface area contributed by atoms with Crippen LogP contribution in [0.25, 0.3) is 0 Å². The normalized spacial score (nSPS) is 33.4. The van der Waals surface area contributed by atoms with Crippen LogP contribution in [0.15, 0.2) is 12.2 Å². The third kappa shape index (κ3) is 1.90. The highest BCUT2D eigenvalue weighted by Gasteiger charge is 2.31. The van der Waals surface area contributed by atoms with Gasteiger partial charge in [-0.15, -0.1) is 0 Å². The Bertz CT molecular complexity index is 255. The van der Waals surface area contributed by atoms with Gasteiger partial charge in [0.25, 0.3) is 0 Å². The van der Waals surface area contributed by atoms with Crippen LogP contribution in [0.2, 0.25) is 0 Å². The molecule has 0 spiro atoms. The molecule has 1 fully saturated rings. The van der Waals surface area contributed by atoms with E-state index >= 15 is 0 Å². The minimum atomic E-state index is 0.743. The molecule has 0 aliphatic carbocycles. The molecule has 1 unspecified atom stereocenters. The van der Waals surface area contributed by atoms with Gasteiger partial charge in [0, 0.05) is 6.04 Å². The van der Waals surface area contributed by atoms with Crippen molar-refractivity contribution in [3.8, 4) is 0 Å². The number of nitrogens with zero attached hydrogens (tertiary/aromatic N) is 2. The number of allylic oxidation sites excluding steroid dienone is 1. The zero-order chi connectivity index (χ0) is 9.97. The van der Waals surface area contributed by atoms with Crippen molar-refractivity contribution in [1.82, 2.24) is 4.90 Å². The fraction of sp³-hybridized carbons (Fsp3) is 0.750. The van der Waals surface area contributed by atoms with Crippen LogP contribution in [-0.4, -0.2) is 48.4 Å². The summed E-state index contributed by atoms with van der Waals surface area (Å²) in [7, 11) is 2.26. The molecule has 1 saturated heterocycles. The summed E-state index contributed by atoms with van der Waals surface area (Å²) >= 11 is 0. The molecule has 2 heterocycles. The number of likely N-dealkylation sites (tertiary alicyclic amines) is 1. The van der Waals surface area contributed by atoms with Crippen LogP contribution in [0.1, 0.15) is 19.8 Å². The first kappa shape index (κ1) is 9.91. The third-order valence-electron chi connectivity index (χ3n) is 3.58. The van der Waals surface area contributed by atoms with Gasteiger partial charge in [-0.1, -0.05) is 6.08 Å². The van der Waals surface area contributed by atoms with E-state index < -0.39 is 0 Å². The van der Waals surface area contributed by atoms with Gasteiger partial charge < -0.3 is 4.90 Å². The van der Waals surface area contributed by atoms with E-state index in [1.807, 2.05) is 0 Å². The Morgan fingerprint density at radius 3 is 3.00 bits per heavy atom. The van der Waals surface area contributed by atoms with Crippen molar-refractivity contribution >= 4 is 6.21 Å². The molecule has 0 aromatic heterocycles. The summed E-state index contributed by atoms with van der Waals surface area (Å²) in [6.07, 6.45) is 9.58. The van der Waals surface area contributed by atoms with E-state index in [2.05, 4.69) is 41.8 Å². The molecule has 2 atom stereocenters. The molecule has 14 heavy (non-hydrogen) atoms. The average Bonchev–Trinajstić information content (AvgIpc) is 2.65. The Morgan fingerprint density at radius 2 is 2.36 bits per heavy atom. The Hall–Kier alpha value is -0.630. The van der Waals surface area contributed by atoms with Crippen molar-refractivity contribution in [2.75, 3.05) is 26.7 Å². The third-order valence-corrected chi connectivity index (χ3v) is 3.58. The van der Waals surface area contributed by atoms with Gasteiger partial charge in [-0.2, -0.15) is 0 Å². The van der Waals surface area contributed by atoms with Gasteiger partial charge in [-0.05, 0) is 39.4 Å². The van der Waals surface area contributed by atoms with Gasteiger partial charge in [0.05, 0.1) is 5.92 Å². The van der Waals surface area contributed by atoms with Gasteiger partial charge in [-0.25, -0.2) is 4.58 Å². The topological polar surface area (TPSA) is 6.25 Å². The lowest BCUT2D eigenvalue weighted by Gasteiger charge is -2.26. The van der Waals surface area contributed by atoms with Gasteiger partial charge in [0.15, 0.2) is 12.8 Å². The maximum Gasteiger partial charge on any atom is 0.163 e. The average molecular weight is 193 g/mol. The van der Waals surface area contributed by atoms with Crippen molar-refractivity contribution in [2.24, 2.45) is 5.92 Å². The van der Waals surface area contributed by atoms with Gasteiger partial charge in [0.1, 0.15) is 6.54 Å². The van der Waals surface area contributed by atoms with E-state index in [9.17, 15) is 0 Å². The maximum atomic E-state index is 2.52. The van der Waals surface area contributed by atoms with Crippen molar-refractivity contribution in [1.29, 1.82) is 0 Å². The minimum absolute atomic E-state index is 0.743. The molecule has 2 aliphatic rings. The summed E-state index contributed by atoms with van der Waals surface area (Å²) in [5.41, 5.74) is 0. The molecule has 0 aromatic rings. The molecule has 78 valence electrons. The molecule has 2 heteroatoms. The molecular weight excluding hydrogens is 172 g/mol. The van der Waals surface area contributed by atoms with Crippen LogP contribution in [0.5, 0.6) is 0 Å². The highest BCUT2D eigenvalue weighted by atomic mass is 15.2. The predicted octanol–water partition coefficient (Wildman–Crippen LogP) is 1.37. The lowest BCUT2D eigenvalue weighted by Crippen LogP contribution is -2.38. The van der Waals surface area contributed by atoms with E-state index in [1.54, 1.807) is 0 Å². The Kier molecular flexibility index (Phi) is 3.02. The monoisotopic (exact) mass is 193 g/mol. The first-order valence-corrected chi connectivity index (χ1v) is 5.77. The van der Waals surface area contributed by atoms with Crippen molar-refractivity contribution in [2.45, 2.75) is 25.8 Å². The molecule has 0 amide bonds. The maximum absolute atomic E-state index is 2.52. The predicted molar refractivity (Wildman–Crippen MR) is 60.0 cm³/mol. The molecular formula is C12H21N2+. The van der Waals surface area contributed by atoms with Crippen molar-refractivity contribution < 1.29 is 4.58 Å². The van der Waals surface area contributed by atoms with E-state index in [4.69, 9.17) is 0 Å². The molecule has 0 saturated carbocycles. The Balaban J connectivity index is 2.00. The molecule has 0 N–H and O–H groups in total. The van der Waals surface area contributed by atoms with E-state index in [0.29, 0.717) is 0 Å². The smallest absolute Gasteiger partial charge is 0.163 e. The summed E-state index contributed by atoms with van der Waals surface area (Å²) in [6, 6.07) is 0.786. The second-order valence-electron chi connectivity index (χ2n) is 4.48. The summed E-state index contributed by atoms with van der Waals surface area (Å²) in [5.74, 6) is 0.743. The van der Waals surface area contributed by atoms with Crippen LogP contribution in [0.3, 0.4) is 0 Å². The standard InChI is InChI=1S/C12H21N2/c1-3-14-9-4-6-11(10-14)12-7-5-8-13(12)2/h4,6,9,11-12H,3,5,7-8,10H2,1-2H3/q+1/t11-,12?/m0/s1. The van der Waals surface area contributed by atoms with Crippen LogP contribution in [0, 0.1) is 5.92 Å². The summed E-state index contributed by atoms with van der Waals surface area (Å²) in [4.78, 5) is 2.52. The van der Waals surface area contributed by atoms with E-state index in [-0.39, 0.29) is 0 Å². The molecule has 0 radical (unpaired) electrons. The summed E-state index contributed by atoms with van der Waals surface area (Å²) in [6.45, 7) is 5.86. The molecule has 2 rings (SSSR count). The molecule has 0 bridgehead atoms. The van der Waals surface area contributed by atoms with Crippen LogP contribution in [-0.2, 0) is 0 Å². The van der Waals surface area contributed by atoms with Crippen LogP contribution < -0.4 is 0 Å². The lowest BCUT2D eigenvalue weighted by molar-refractivity contribution is -0.527. The van der Waals surface area contributed by atoms with E-state index in [0.717, 1.165) is 18.5 Å². The Labute approximate surface area is 86.9 Å². The molecule has 2 aliphatic heterocycles.